The zero-order valence-corrected chi connectivity index (χ0v) is 15.9. The number of amides is 1. The largest absolute Gasteiger partial charge is 0.491 e. The van der Waals surface area contributed by atoms with Gasteiger partial charge in [0.25, 0.3) is 5.91 Å². The molecule has 0 atom stereocenters. The van der Waals surface area contributed by atoms with Crippen LogP contribution in [-0.2, 0) is 12.6 Å². The minimum absolute atomic E-state index is 0.188. The first-order valence-electron chi connectivity index (χ1n) is 9.41. The zero-order valence-electron chi connectivity index (χ0n) is 15.9. The Balaban J connectivity index is 1.57. The van der Waals surface area contributed by atoms with Crippen LogP contribution >= 0.6 is 0 Å². The Hall–Kier alpha value is -3.42. The van der Waals surface area contributed by atoms with Crippen LogP contribution in [0.15, 0.2) is 60.9 Å². The van der Waals surface area contributed by atoms with Crippen molar-refractivity contribution >= 4 is 5.91 Å². The number of benzene rings is 2. The monoisotopic (exact) mass is 413 g/mol. The van der Waals surface area contributed by atoms with Crippen LogP contribution in [0.2, 0.25) is 0 Å². The van der Waals surface area contributed by atoms with Gasteiger partial charge in [0.05, 0.1) is 17.7 Å². The quantitative estimate of drug-likeness (QED) is 0.642. The lowest BCUT2D eigenvalue weighted by Gasteiger charge is -2.19. The highest BCUT2D eigenvalue weighted by Gasteiger charge is 2.30. The molecule has 5 nitrogen and oxygen atoms in total. The molecule has 0 radical (unpaired) electrons. The summed E-state index contributed by atoms with van der Waals surface area (Å²) in [6.07, 6.45) is -0.567. The molecule has 0 saturated carbocycles. The highest BCUT2D eigenvalue weighted by Crippen LogP contribution is 2.33. The summed E-state index contributed by atoms with van der Waals surface area (Å²) in [4.78, 5) is 23.1. The van der Waals surface area contributed by atoms with Crippen molar-refractivity contribution in [2.24, 2.45) is 0 Å². The second-order valence-corrected chi connectivity index (χ2v) is 6.84. The van der Waals surface area contributed by atoms with Gasteiger partial charge in [-0.1, -0.05) is 18.2 Å². The third-order valence-electron chi connectivity index (χ3n) is 4.89. The first kappa shape index (κ1) is 19.9. The average Bonchev–Trinajstić information content (AvgIpc) is 2.91. The number of hydrogen-bond acceptors (Lipinski definition) is 4. The molecule has 2 aromatic carbocycles. The maximum atomic E-state index is 13.1. The molecule has 1 aliphatic rings. The number of fused-ring (bicyclic) bond motifs is 1. The van der Waals surface area contributed by atoms with E-state index in [2.05, 4.69) is 9.97 Å². The van der Waals surface area contributed by atoms with Crippen molar-refractivity contribution < 1.29 is 22.7 Å². The van der Waals surface area contributed by atoms with Crippen molar-refractivity contribution in [2.45, 2.75) is 12.6 Å². The molecule has 2 heterocycles. The smallest absolute Gasteiger partial charge is 0.416 e. The van der Waals surface area contributed by atoms with Crippen LogP contribution in [0, 0.1) is 0 Å². The van der Waals surface area contributed by atoms with Gasteiger partial charge in [0.2, 0.25) is 0 Å². The van der Waals surface area contributed by atoms with Gasteiger partial charge in [-0.25, -0.2) is 9.97 Å². The Labute approximate surface area is 171 Å². The van der Waals surface area contributed by atoms with Gasteiger partial charge in [-0.2, -0.15) is 13.2 Å². The molecular weight excluding hydrogens is 395 g/mol. The molecule has 0 aliphatic carbocycles. The van der Waals surface area contributed by atoms with Crippen molar-refractivity contribution in [3.8, 4) is 16.9 Å². The van der Waals surface area contributed by atoms with Gasteiger partial charge < -0.3 is 9.64 Å². The molecule has 1 aromatic heterocycles. The third-order valence-corrected chi connectivity index (χ3v) is 4.89. The van der Waals surface area contributed by atoms with Crippen molar-refractivity contribution in [2.75, 3.05) is 19.7 Å². The lowest BCUT2D eigenvalue weighted by atomic mass is 10.0. The lowest BCUT2D eigenvalue weighted by Crippen LogP contribution is -2.34. The highest BCUT2D eigenvalue weighted by atomic mass is 19.4. The van der Waals surface area contributed by atoms with Gasteiger partial charge in [-0.15, -0.1) is 0 Å². The third kappa shape index (κ3) is 4.27. The van der Waals surface area contributed by atoms with E-state index in [1.807, 2.05) is 0 Å². The summed E-state index contributed by atoms with van der Waals surface area (Å²) in [7, 11) is 0. The molecule has 3 aromatic rings. The Morgan fingerprint density at radius 1 is 1.00 bits per heavy atom. The van der Waals surface area contributed by atoms with Crippen LogP contribution in [-0.4, -0.2) is 40.5 Å². The molecule has 1 amide bonds. The molecule has 1 aliphatic heterocycles. The second-order valence-electron chi connectivity index (χ2n) is 6.84. The molecule has 0 unspecified atom stereocenters. The molecule has 30 heavy (non-hydrogen) atoms. The molecule has 0 spiro atoms. The topological polar surface area (TPSA) is 55.3 Å². The summed E-state index contributed by atoms with van der Waals surface area (Å²) in [6, 6.07) is 11.7. The predicted molar refractivity (Wildman–Crippen MR) is 104 cm³/mol. The van der Waals surface area contributed by atoms with Crippen molar-refractivity contribution in [1.29, 1.82) is 0 Å². The first-order chi connectivity index (χ1) is 14.4. The molecule has 0 saturated heterocycles. The van der Waals surface area contributed by atoms with Gasteiger partial charge in [0.15, 0.2) is 0 Å². The van der Waals surface area contributed by atoms with E-state index in [1.165, 1.54) is 12.1 Å². The van der Waals surface area contributed by atoms with E-state index in [1.54, 1.807) is 41.6 Å². The van der Waals surface area contributed by atoms with E-state index in [0.717, 1.165) is 12.1 Å². The molecule has 0 bridgehead atoms. The van der Waals surface area contributed by atoms with Crippen molar-refractivity contribution in [3.05, 3.63) is 77.9 Å². The Morgan fingerprint density at radius 2 is 1.70 bits per heavy atom. The van der Waals surface area contributed by atoms with Gasteiger partial charge in [0, 0.05) is 25.4 Å². The highest BCUT2D eigenvalue weighted by molar-refractivity contribution is 5.98. The number of carbonyl (C=O) groups excluding carboxylic acids is 1. The predicted octanol–water partition coefficient (Wildman–Crippen LogP) is 4.24. The minimum atomic E-state index is -4.39. The molecule has 0 fully saturated rings. The van der Waals surface area contributed by atoms with Crippen LogP contribution in [0.1, 0.15) is 21.7 Å². The number of hydrogen-bond donors (Lipinski definition) is 0. The maximum Gasteiger partial charge on any atom is 0.416 e. The van der Waals surface area contributed by atoms with E-state index in [9.17, 15) is 18.0 Å². The SMILES string of the molecule is O=C1c2cc(-c3ccc(C(F)(F)F)cc3)ccc2OCCN1CCc1ncccn1. The number of nitrogens with zero attached hydrogens (tertiary/aromatic N) is 3. The fourth-order valence-corrected chi connectivity index (χ4v) is 3.30. The summed E-state index contributed by atoms with van der Waals surface area (Å²) in [5.74, 6) is 0.926. The average molecular weight is 413 g/mol. The Kier molecular flexibility index (Phi) is 5.39. The van der Waals surface area contributed by atoms with E-state index >= 15 is 0 Å². The first-order valence-corrected chi connectivity index (χ1v) is 9.41. The number of aromatic nitrogens is 2. The van der Waals surface area contributed by atoms with E-state index < -0.39 is 11.7 Å². The van der Waals surface area contributed by atoms with Crippen LogP contribution in [0.4, 0.5) is 13.2 Å². The zero-order chi connectivity index (χ0) is 21.1. The summed E-state index contributed by atoms with van der Waals surface area (Å²) in [5, 5.41) is 0. The maximum absolute atomic E-state index is 13.1. The normalized spacial score (nSPS) is 14.1. The van der Waals surface area contributed by atoms with Crippen LogP contribution < -0.4 is 4.74 Å². The van der Waals surface area contributed by atoms with Crippen LogP contribution in [0.5, 0.6) is 5.75 Å². The van der Waals surface area contributed by atoms with E-state index in [4.69, 9.17) is 4.74 Å². The number of ether oxygens (including phenoxy) is 1. The van der Waals surface area contributed by atoms with E-state index in [-0.39, 0.29) is 5.91 Å². The standard InChI is InChI=1S/C22H18F3N3O2/c23-22(24,25)17-5-2-15(3-6-17)16-4-7-19-18(14-16)21(29)28(12-13-30-19)11-8-20-26-9-1-10-27-20/h1-7,9-10,14H,8,11-13H2. The van der Waals surface area contributed by atoms with Crippen LogP contribution in [0.25, 0.3) is 11.1 Å². The summed E-state index contributed by atoms with van der Waals surface area (Å²) < 4.78 is 44.1. The molecule has 0 N–H and O–H groups in total. The minimum Gasteiger partial charge on any atom is -0.491 e. The number of carbonyl (C=O) groups is 1. The summed E-state index contributed by atoms with van der Waals surface area (Å²) >= 11 is 0. The van der Waals surface area contributed by atoms with Gasteiger partial charge in [0.1, 0.15) is 18.2 Å². The number of alkyl halides is 3. The molecular formula is C22H18F3N3O2. The Bertz CT molecular complexity index is 1040. The number of halogens is 3. The lowest BCUT2D eigenvalue weighted by molar-refractivity contribution is -0.137. The molecule has 4 rings (SSSR count). The van der Waals surface area contributed by atoms with Crippen LogP contribution in [0.3, 0.4) is 0 Å². The summed E-state index contributed by atoms with van der Waals surface area (Å²) in [5.41, 5.74) is 0.911. The molecule has 8 heteroatoms. The second kappa shape index (κ2) is 8.14. The fraction of sp³-hybridized carbons (Fsp3) is 0.227. The van der Waals surface area contributed by atoms with Gasteiger partial charge >= 0.3 is 6.18 Å². The molecule has 154 valence electrons. The van der Waals surface area contributed by atoms with E-state index in [0.29, 0.717) is 54.4 Å². The van der Waals surface area contributed by atoms with Gasteiger partial charge in [-0.05, 0) is 41.5 Å². The van der Waals surface area contributed by atoms with Crippen molar-refractivity contribution in [3.63, 3.8) is 0 Å². The number of rotatable bonds is 4. The van der Waals surface area contributed by atoms with Gasteiger partial charge in [-0.3, -0.25) is 4.79 Å². The fourth-order valence-electron chi connectivity index (χ4n) is 3.30. The summed E-state index contributed by atoms with van der Waals surface area (Å²) in [6.45, 7) is 1.22. The Morgan fingerprint density at radius 3 is 2.40 bits per heavy atom. The van der Waals surface area contributed by atoms with Crippen molar-refractivity contribution in [1.82, 2.24) is 14.9 Å².